The number of methoxy groups -OCH3 is 1. The van der Waals surface area contributed by atoms with Crippen LogP contribution in [0, 0.1) is 5.82 Å². The highest BCUT2D eigenvalue weighted by Crippen LogP contribution is 2.30. The number of hydrogen-bond donors (Lipinski definition) is 1. The molecule has 0 unspecified atom stereocenters. The predicted octanol–water partition coefficient (Wildman–Crippen LogP) is 2.87. The summed E-state index contributed by atoms with van der Waals surface area (Å²) in [5, 5.41) is 2.62. The molecule has 0 spiro atoms. The molecule has 0 radical (unpaired) electrons. The fourth-order valence-electron chi connectivity index (χ4n) is 2.82. The second-order valence-corrected chi connectivity index (χ2v) is 7.84. The lowest BCUT2D eigenvalue weighted by Crippen LogP contribution is -2.28. The predicted molar refractivity (Wildman–Crippen MR) is 95.3 cm³/mol. The molecule has 0 atom stereocenters. The Labute approximate surface area is 151 Å². The summed E-state index contributed by atoms with van der Waals surface area (Å²) in [4.78, 5) is 12.4. The van der Waals surface area contributed by atoms with E-state index in [0.717, 1.165) is 12.8 Å². The summed E-state index contributed by atoms with van der Waals surface area (Å²) >= 11 is 0. The minimum atomic E-state index is -3.74. The van der Waals surface area contributed by atoms with Crippen LogP contribution in [0.2, 0.25) is 0 Å². The molecule has 1 heterocycles. The largest absolute Gasteiger partial charge is 0.495 e. The average molecular weight is 378 g/mol. The Morgan fingerprint density at radius 1 is 1.12 bits per heavy atom. The van der Waals surface area contributed by atoms with Gasteiger partial charge in [0, 0.05) is 24.3 Å². The first-order valence-corrected chi connectivity index (χ1v) is 9.61. The summed E-state index contributed by atoms with van der Waals surface area (Å²) in [6.07, 6.45) is 1.62. The van der Waals surface area contributed by atoms with Gasteiger partial charge in [0.1, 0.15) is 16.5 Å². The van der Waals surface area contributed by atoms with E-state index >= 15 is 0 Å². The minimum Gasteiger partial charge on any atom is -0.495 e. The Bertz CT molecular complexity index is 907. The van der Waals surface area contributed by atoms with Gasteiger partial charge in [-0.2, -0.15) is 4.31 Å². The fraction of sp³-hybridized carbons (Fsp3) is 0.278. The van der Waals surface area contributed by atoms with Gasteiger partial charge in [-0.3, -0.25) is 4.79 Å². The lowest BCUT2D eigenvalue weighted by Gasteiger charge is -2.18. The number of sulfonamides is 1. The van der Waals surface area contributed by atoms with E-state index in [-0.39, 0.29) is 16.2 Å². The molecule has 0 bridgehead atoms. The maximum Gasteiger partial charge on any atom is 0.255 e. The van der Waals surface area contributed by atoms with Crippen molar-refractivity contribution in [3.63, 3.8) is 0 Å². The third kappa shape index (κ3) is 3.71. The number of benzene rings is 2. The molecule has 1 N–H and O–H groups in total. The van der Waals surface area contributed by atoms with Crippen molar-refractivity contribution < 1.29 is 22.3 Å². The monoisotopic (exact) mass is 378 g/mol. The second-order valence-electron chi connectivity index (χ2n) is 5.94. The molecule has 2 aromatic carbocycles. The number of anilines is 1. The highest BCUT2D eigenvalue weighted by Gasteiger charge is 2.30. The highest BCUT2D eigenvalue weighted by molar-refractivity contribution is 7.89. The van der Waals surface area contributed by atoms with Crippen LogP contribution in [0.25, 0.3) is 0 Å². The van der Waals surface area contributed by atoms with E-state index in [1.54, 1.807) is 0 Å². The summed E-state index contributed by atoms with van der Waals surface area (Å²) in [5.41, 5.74) is 0.587. The maximum absolute atomic E-state index is 13.0. The number of ether oxygens (including phenoxy) is 1. The van der Waals surface area contributed by atoms with Crippen molar-refractivity contribution in [1.29, 1.82) is 0 Å². The zero-order chi connectivity index (χ0) is 18.7. The number of carbonyl (C=O) groups excluding carboxylic acids is 1. The third-order valence-electron chi connectivity index (χ3n) is 4.21. The van der Waals surface area contributed by atoms with Gasteiger partial charge in [-0.1, -0.05) is 0 Å². The average Bonchev–Trinajstić information content (AvgIpc) is 3.18. The van der Waals surface area contributed by atoms with Crippen LogP contribution in [-0.2, 0) is 10.0 Å². The second kappa shape index (κ2) is 7.43. The molecule has 3 rings (SSSR count). The van der Waals surface area contributed by atoms with E-state index in [1.165, 1.54) is 53.9 Å². The molecule has 0 saturated carbocycles. The maximum atomic E-state index is 13.0. The Hall–Kier alpha value is -2.45. The normalized spacial score (nSPS) is 15.0. The van der Waals surface area contributed by atoms with Crippen LogP contribution in [0.1, 0.15) is 23.2 Å². The highest BCUT2D eigenvalue weighted by atomic mass is 32.2. The summed E-state index contributed by atoms with van der Waals surface area (Å²) < 4.78 is 45.3. The van der Waals surface area contributed by atoms with Gasteiger partial charge < -0.3 is 10.1 Å². The van der Waals surface area contributed by atoms with E-state index in [4.69, 9.17) is 4.74 Å². The van der Waals surface area contributed by atoms with Gasteiger partial charge >= 0.3 is 0 Å². The lowest BCUT2D eigenvalue weighted by molar-refractivity contribution is 0.102. The standard InChI is InChI=1S/C18H19FN2O4S/c1-25-16-9-4-13(18(22)20-15-7-5-14(19)6-8-15)12-17(16)26(23,24)21-10-2-3-11-21/h4-9,12H,2-3,10-11H2,1H3,(H,20,22). The van der Waals surface area contributed by atoms with Gasteiger partial charge in [-0.05, 0) is 55.3 Å². The number of amides is 1. The van der Waals surface area contributed by atoms with Crippen molar-refractivity contribution in [1.82, 2.24) is 4.31 Å². The molecule has 1 aliphatic heterocycles. The Kier molecular flexibility index (Phi) is 5.24. The van der Waals surface area contributed by atoms with Gasteiger partial charge in [0.25, 0.3) is 5.91 Å². The van der Waals surface area contributed by atoms with Gasteiger partial charge in [0.05, 0.1) is 7.11 Å². The van der Waals surface area contributed by atoms with Gasteiger partial charge in [0.2, 0.25) is 10.0 Å². The fourth-order valence-corrected chi connectivity index (χ4v) is 4.52. The SMILES string of the molecule is COc1ccc(C(=O)Nc2ccc(F)cc2)cc1S(=O)(=O)N1CCCC1. The number of rotatable bonds is 5. The number of halogens is 1. The summed E-state index contributed by atoms with van der Waals surface area (Å²) in [7, 11) is -2.35. The van der Waals surface area contributed by atoms with Crippen LogP contribution in [0.4, 0.5) is 10.1 Å². The van der Waals surface area contributed by atoms with Gasteiger partial charge in [-0.25, -0.2) is 12.8 Å². The zero-order valence-corrected chi connectivity index (χ0v) is 15.1. The minimum absolute atomic E-state index is 0.0337. The van der Waals surface area contributed by atoms with E-state index < -0.39 is 21.7 Å². The number of nitrogens with zero attached hydrogens (tertiary/aromatic N) is 1. The molecule has 1 amide bonds. The van der Waals surface area contributed by atoms with Crippen LogP contribution >= 0.6 is 0 Å². The van der Waals surface area contributed by atoms with Crippen LogP contribution in [-0.4, -0.2) is 38.8 Å². The quantitative estimate of drug-likeness (QED) is 0.868. The molecule has 6 nitrogen and oxygen atoms in total. The third-order valence-corrected chi connectivity index (χ3v) is 6.13. The summed E-state index contributed by atoms with van der Waals surface area (Å²) in [6, 6.07) is 9.58. The van der Waals surface area contributed by atoms with Crippen molar-refractivity contribution in [2.45, 2.75) is 17.7 Å². The molecule has 26 heavy (non-hydrogen) atoms. The molecule has 0 aliphatic carbocycles. The summed E-state index contributed by atoms with van der Waals surface area (Å²) in [5.74, 6) is -0.709. The smallest absolute Gasteiger partial charge is 0.255 e. The Morgan fingerprint density at radius 2 is 1.77 bits per heavy atom. The van der Waals surface area contributed by atoms with Crippen LogP contribution in [0.5, 0.6) is 5.75 Å². The van der Waals surface area contributed by atoms with Crippen molar-refractivity contribution in [3.8, 4) is 5.75 Å². The molecule has 138 valence electrons. The molecule has 1 aliphatic rings. The van der Waals surface area contributed by atoms with Crippen molar-refractivity contribution in [2.75, 3.05) is 25.5 Å². The first kappa shape index (κ1) is 18.3. The molecule has 1 saturated heterocycles. The van der Waals surface area contributed by atoms with Crippen LogP contribution in [0.3, 0.4) is 0 Å². The molecule has 2 aromatic rings. The lowest BCUT2D eigenvalue weighted by atomic mass is 10.2. The van der Waals surface area contributed by atoms with Crippen molar-refractivity contribution in [3.05, 3.63) is 53.8 Å². The topological polar surface area (TPSA) is 75.7 Å². The number of hydrogen-bond acceptors (Lipinski definition) is 4. The van der Waals surface area contributed by atoms with Gasteiger partial charge in [0.15, 0.2) is 0 Å². The van der Waals surface area contributed by atoms with Crippen LogP contribution < -0.4 is 10.1 Å². The van der Waals surface area contributed by atoms with Gasteiger partial charge in [-0.15, -0.1) is 0 Å². The first-order chi connectivity index (χ1) is 12.4. The van der Waals surface area contributed by atoms with E-state index in [9.17, 15) is 17.6 Å². The zero-order valence-electron chi connectivity index (χ0n) is 14.2. The molecular weight excluding hydrogens is 359 g/mol. The Balaban J connectivity index is 1.91. The van der Waals surface area contributed by atoms with E-state index in [0.29, 0.717) is 18.8 Å². The Morgan fingerprint density at radius 3 is 2.38 bits per heavy atom. The first-order valence-electron chi connectivity index (χ1n) is 8.17. The van der Waals surface area contributed by atoms with E-state index in [1.807, 2.05) is 0 Å². The number of carbonyl (C=O) groups is 1. The molecular formula is C18H19FN2O4S. The van der Waals surface area contributed by atoms with Crippen molar-refractivity contribution >= 4 is 21.6 Å². The van der Waals surface area contributed by atoms with E-state index in [2.05, 4.69) is 5.32 Å². The number of nitrogens with one attached hydrogen (secondary N) is 1. The van der Waals surface area contributed by atoms with Crippen LogP contribution in [0.15, 0.2) is 47.4 Å². The molecule has 8 heteroatoms. The van der Waals surface area contributed by atoms with Crippen molar-refractivity contribution in [2.24, 2.45) is 0 Å². The molecule has 1 fully saturated rings. The summed E-state index contributed by atoms with van der Waals surface area (Å²) in [6.45, 7) is 0.912. The molecule has 0 aromatic heterocycles.